The summed E-state index contributed by atoms with van der Waals surface area (Å²) in [6.45, 7) is 2.49. The maximum atomic E-state index is 11.1. The van der Waals surface area contributed by atoms with Gasteiger partial charge in [-0.05, 0) is 31.2 Å². The van der Waals surface area contributed by atoms with Crippen LogP contribution in [0.3, 0.4) is 0 Å². The van der Waals surface area contributed by atoms with Crippen molar-refractivity contribution in [3.63, 3.8) is 0 Å². The van der Waals surface area contributed by atoms with E-state index in [1.807, 2.05) is 31.2 Å². The SMILES string of the molecule is CCOc1ccccc1Nc1ccc(NS(C)(=O)=O)cn1. The van der Waals surface area contributed by atoms with Gasteiger partial charge in [-0.1, -0.05) is 12.1 Å². The van der Waals surface area contributed by atoms with Crippen LogP contribution in [0.25, 0.3) is 0 Å². The average Bonchev–Trinajstić information content (AvgIpc) is 2.42. The number of pyridine rings is 1. The zero-order valence-corrected chi connectivity index (χ0v) is 12.6. The number of para-hydroxylation sites is 2. The normalized spacial score (nSPS) is 11.0. The molecule has 21 heavy (non-hydrogen) atoms. The van der Waals surface area contributed by atoms with E-state index in [0.29, 0.717) is 18.1 Å². The van der Waals surface area contributed by atoms with Gasteiger partial charge in [-0.15, -0.1) is 0 Å². The Labute approximate surface area is 124 Å². The Morgan fingerprint density at radius 2 is 1.95 bits per heavy atom. The lowest BCUT2D eigenvalue weighted by Gasteiger charge is -2.12. The summed E-state index contributed by atoms with van der Waals surface area (Å²) in [6.07, 6.45) is 2.55. The zero-order chi connectivity index (χ0) is 15.3. The lowest BCUT2D eigenvalue weighted by Crippen LogP contribution is -2.09. The van der Waals surface area contributed by atoms with Crippen molar-refractivity contribution >= 4 is 27.2 Å². The molecule has 7 heteroatoms. The number of hydrogen-bond acceptors (Lipinski definition) is 5. The van der Waals surface area contributed by atoms with E-state index in [9.17, 15) is 8.42 Å². The van der Waals surface area contributed by atoms with Crippen molar-refractivity contribution in [3.05, 3.63) is 42.6 Å². The van der Waals surface area contributed by atoms with Crippen molar-refractivity contribution < 1.29 is 13.2 Å². The third-order valence-electron chi connectivity index (χ3n) is 2.52. The van der Waals surface area contributed by atoms with E-state index in [1.165, 1.54) is 6.20 Å². The molecule has 6 nitrogen and oxygen atoms in total. The third-order valence-corrected chi connectivity index (χ3v) is 3.12. The number of nitrogens with one attached hydrogen (secondary N) is 2. The molecule has 1 aromatic heterocycles. The summed E-state index contributed by atoms with van der Waals surface area (Å²) in [7, 11) is -3.29. The van der Waals surface area contributed by atoms with E-state index in [1.54, 1.807) is 12.1 Å². The van der Waals surface area contributed by atoms with Gasteiger partial charge >= 0.3 is 0 Å². The summed E-state index contributed by atoms with van der Waals surface area (Å²) >= 11 is 0. The van der Waals surface area contributed by atoms with Gasteiger partial charge in [-0.3, -0.25) is 4.72 Å². The molecular formula is C14H17N3O3S. The van der Waals surface area contributed by atoms with E-state index in [2.05, 4.69) is 15.0 Å². The minimum Gasteiger partial charge on any atom is -0.492 e. The Hall–Kier alpha value is -2.28. The van der Waals surface area contributed by atoms with Gasteiger partial charge in [0.05, 0.1) is 30.4 Å². The van der Waals surface area contributed by atoms with Crippen molar-refractivity contribution in [2.24, 2.45) is 0 Å². The Bertz CT molecular complexity index is 700. The van der Waals surface area contributed by atoms with Crippen LogP contribution in [0.2, 0.25) is 0 Å². The van der Waals surface area contributed by atoms with Gasteiger partial charge in [0.2, 0.25) is 10.0 Å². The van der Waals surface area contributed by atoms with E-state index >= 15 is 0 Å². The fourth-order valence-corrected chi connectivity index (χ4v) is 2.28. The molecule has 1 aromatic carbocycles. The van der Waals surface area contributed by atoms with E-state index in [0.717, 1.165) is 17.7 Å². The van der Waals surface area contributed by atoms with Crippen molar-refractivity contribution in [2.45, 2.75) is 6.92 Å². The molecule has 0 saturated heterocycles. The summed E-state index contributed by atoms with van der Waals surface area (Å²) in [5, 5.41) is 3.13. The van der Waals surface area contributed by atoms with Crippen LogP contribution in [0, 0.1) is 0 Å². The van der Waals surface area contributed by atoms with Crippen LogP contribution in [-0.2, 0) is 10.0 Å². The molecule has 0 saturated carbocycles. The number of rotatable bonds is 6. The van der Waals surface area contributed by atoms with Gasteiger partial charge in [0.25, 0.3) is 0 Å². The molecule has 0 radical (unpaired) electrons. The fourth-order valence-electron chi connectivity index (χ4n) is 1.73. The molecule has 0 aliphatic heterocycles. The Kier molecular flexibility index (Phi) is 4.64. The fraction of sp³-hybridized carbons (Fsp3) is 0.214. The van der Waals surface area contributed by atoms with Crippen LogP contribution in [0.1, 0.15) is 6.92 Å². The van der Waals surface area contributed by atoms with E-state index in [-0.39, 0.29) is 0 Å². The Morgan fingerprint density at radius 3 is 2.57 bits per heavy atom. The van der Waals surface area contributed by atoms with E-state index in [4.69, 9.17) is 4.74 Å². The van der Waals surface area contributed by atoms with Crippen molar-refractivity contribution in [1.82, 2.24) is 4.98 Å². The highest BCUT2D eigenvalue weighted by molar-refractivity contribution is 7.92. The predicted molar refractivity (Wildman–Crippen MR) is 83.6 cm³/mol. The third kappa shape index (κ3) is 4.64. The number of aromatic nitrogens is 1. The van der Waals surface area contributed by atoms with Gasteiger partial charge in [0.15, 0.2) is 0 Å². The van der Waals surface area contributed by atoms with Crippen LogP contribution < -0.4 is 14.8 Å². The molecule has 0 amide bonds. The number of hydrogen-bond donors (Lipinski definition) is 2. The van der Waals surface area contributed by atoms with E-state index < -0.39 is 10.0 Å². The van der Waals surface area contributed by atoms with Gasteiger partial charge in [-0.25, -0.2) is 13.4 Å². The number of anilines is 3. The van der Waals surface area contributed by atoms with Crippen LogP contribution >= 0.6 is 0 Å². The quantitative estimate of drug-likeness (QED) is 0.857. The van der Waals surface area contributed by atoms with Crippen molar-refractivity contribution in [2.75, 3.05) is 22.9 Å². The van der Waals surface area contributed by atoms with Crippen LogP contribution in [0.15, 0.2) is 42.6 Å². The molecule has 2 aromatic rings. The van der Waals surface area contributed by atoms with Crippen LogP contribution in [0.5, 0.6) is 5.75 Å². The first-order valence-electron chi connectivity index (χ1n) is 6.40. The minimum atomic E-state index is -3.29. The predicted octanol–water partition coefficient (Wildman–Crippen LogP) is 2.60. The second kappa shape index (κ2) is 6.45. The number of ether oxygens (including phenoxy) is 1. The van der Waals surface area contributed by atoms with Gasteiger partial charge in [-0.2, -0.15) is 0 Å². The minimum absolute atomic E-state index is 0.418. The van der Waals surface area contributed by atoms with Gasteiger partial charge in [0.1, 0.15) is 11.6 Å². The lowest BCUT2D eigenvalue weighted by atomic mass is 10.3. The molecule has 2 rings (SSSR count). The summed E-state index contributed by atoms with van der Waals surface area (Å²) < 4.78 is 30.1. The average molecular weight is 307 g/mol. The molecule has 0 fully saturated rings. The monoisotopic (exact) mass is 307 g/mol. The molecule has 1 heterocycles. The molecule has 0 unspecified atom stereocenters. The molecule has 0 spiro atoms. The Morgan fingerprint density at radius 1 is 1.19 bits per heavy atom. The first-order chi connectivity index (χ1) is 9.98. The number of benzene rings is 1. The standard InChI is InChI=1S/C14H17N3O3S/c1-3-20-13-7-5-4-6-12(13)16-14-9-8-11(10-15-14)17-21(2,18)19/h4-10,17H,3H2,1-2H3,(H,15,16). The molecule has 112 valence electrons. The number of nitrogens with zero attached hydrogens (tertiary/aromatic N) is 1. The Balaban J connectivity index is 2.14. The topological polar surface area (TPSA) is 80.3 Å². The number of sulfonamides is 1. The van der Waals surface area contributed by atoms with Crippen LogP contribution in [-0.4, -0.2) is 26.3 Å². The first kappa shape index (κ1) is 15.1. The highest BCUT2D eigenvalue weighted by Gasteiger charge is 2.05. The lowest BCUT2D eigenvalue weighted by molar-refractivity contribution is 0.342. The maximum absolute atomic E-state index is 11.1. The molecule has 0 aliphatic carbocycles. The van der Waals surface area contributed by atoms with Crippen LogP contribution in [0.4, 0.5) is 17.2 Å². The maximum Gasteiger partial charge on any atom is 0.229 e. The van der Waals surface area contributed by atoms with Gasteiger partial charge < -0.3 is 10.1 Å². The molecule has 2 N–H and O–H groups in total. The summed E-state index contributed by atoms with van der Waals surface area (Å²) in [5.41, 5.74) is 1.22. The highest BCUT2D eigenvalue weighted by Crippen LogP contribution is 2.26. The summed E-state index contributed by atoms with van der Waals surface area (Å²) in [6, 6.07) is 10.9. The molecule has 0 bridgehead atoms. The molecule has 0 atom stereocenters. The van der Waals surface area contributed by atoms with Gasteiger partial charge in [0, 0.05) is 0 Å². The molecule has 0 aliphatic rings. The first-order valence-corrected chi connectivity index (χ1v) is 8.30. The second-order valence-electron chi connectivity index (χ2n) is 4.36. The molecular weight excluding hydrogens is 290 g/mol. The zero-order valence-electron chi connectivity index (χ0n) is 11.8. The second-order valence-corrected chi connectivity index (χ2v) is 6.11. The van der Waals surface area contributed by atoms with Crippen molar-refractivity contribution in [1.29, 1.82) is 0 Å². The largest absolute Gasteiger partial charge is 0.492 e. The highest BCUT2D eigenvalue weighted by atomic mass is 32.2. The van der Waals surface area contributed by atoms with Crippen molar-refractivity contribution in [3.8, 4) is 5.75 Å². The smallest absolute Gasteiger partial charge is 0.229 e. The summed E-state index contributed by atoms with van der Waals surface area (Å²) in [5.74, 6) is 1.33. The summed E-state index contributed by atoms with van der Waals surface area (Å²) in [4.78, 5) is 4.17.